The van der Waals surface area contributed by atoms with Crippen LogP contribution in [0, 0.1) is 5.92 Å². The topological polar surface area (TPSA) is 30.5 Å². The number of methoxy groups -OCH3 is 1. The minimum atomic E-state index is -0.643. The standard InChI is InChI=1S/C24H26BrNO2/c1-27-19-22(17-20-11-5-2-6-12-20)24(25,18-21-13-7-3-8-14-21)28-26-23-15-9-4-10-16-23/h2-16,22,26H,17-19H2,1H3. The summed E-state index contributed by atoms with van der Waals surface area (Å²) in [5, 5.41) is 0. The Bertz CT molecular complexity index is 814. The number of halogens is 1. The smallest absolute Gasteiger partial charge is 0.159 e. The van der Waals surface area contributed by atoms with Gasteiger partial charge in [0.25, 0.3) is 0 Å². The van der Waals surface area contributed by atoms with E-state index in [0.717, 1.165) is 12.1 Å². The molecule has 0 aliphatic carbocycles. The molecule has 3 nitrogen and oxygen atoms in total. The second kappa shape index (κ2) is 10.4. The Hall–Kier alpha value is -2.14. The monoisotopic (exact) mass is 439 g/mol. The van der Waals surface area contributed by atoms with Gasteiger partial charge in [-0.15, -0.1) is 0 Å². The molecular weight excluding hydrogens is 414 g/mol. The van der Waals surface area contributed by atoms with Gasteiger partial charge in [0.2, 0.25) is 0 Å². The number of ether oxygens (including phenoxy) is 1. The van der Waals surface area contributed by atoms with Crippen LogP contribution in [0.1, 0.15) is 11.1 Å². The molecule has 3 aromatic rings. The van der Waals surface area contributed by atoms with Gasteiger partial charge in [-0.1, -0.05) is 94.8 Å². The number of hydrogen-bond donors (Lipinski definition) is 1. The van der Waals surface area contributed by atoms with Crippen molar-refractivity contribution in [3.8, 4) is 0 Å². The Morgan fingerprint density at radius 3 is 1.93 bits per heavy atom. The fourth-order valence-corrected chi connectivity index (χ4v) is 3.92. The quantitative estimate of drug-likeness (QED) is 0.316. The number of rotatable bonds is 10. The maximum absolute atomic E-state index is 6.29. The van der Waals surface area contributed by atoms with Gasteiger partial charge in [0, 0.05) is 19.4 Å². The fourth-order valence-electron chi connectivity index (χ4n) is 3.22. The van der Waals surface area contributed by atoms with E-state index in [9.17, 15) is 0 Å². The number of para-hydroxylation sites is 1. The average Bonchev–Trinajstić information content (AvgIpc) is 2.74. The van der Waals surface area contributed by atoms with E-state index in [2.05, 4.69) is 69.9 Å². The molecule has 0 saturated heterocycles. The summed E-state index contributed by atoms with van der Waals surface area (Å²) in [6.07, 6.45) is 1.54. The van der Waals surface area contributed by atoms with Gasteiger partial charge in [0.1, 0.15) is 0 Å². The van der Waals surface area contributed by atoms with Gasteiger partial charge in [0.15, 0.2) is 4.51 Å². The molecule has 0 spiro atoms. The summed E-state index contributed by atoms with van der Waals surface area (Å²) >= 11 is 3.94. The largest absolute Gasteiger partial charge is 0.384 e. The summed E-state index contributed by atoms with van der Waals surface area (Å²) in [6, 6.07) is 30.7. The third kappa shape index (κ3) is 5.93. The minimum absolute atomic E-state index is 0.0938. The lowest BCUT2D eigenvalue weighted by Gasteiger charge is -2.35. The summed E-state index contributed by atoms with van der Waals surface area (Å²) in [6.45, 7) is 0.573. The summed E-state index contributed by atoms with van der Waals surface area (Å²) in [5.41, 5.74) is 6.49. The van der Waals surface area contributed by atoms with Crippen LogP contribution < -0.4 is 5.48 Å². The highest BCUT2D eigenvalue weighted by Crippen LogP contribution is 2.36. The zero-order valence-electron chi connectivity index (χ0n) is 16.1. The average molecular weight is 440 g/mol. The number of benzene rings is 3. The Labute approximate surface area is 175 Å². The van der Waals surface area contributed by atoms with E-state index in [1.165, 1.54) is 11.1 Å². The van der Waals surface area contributed by atoms with Crippen molar-refractivity contribution < 1.29 is 9.57 Å². The molecule has 2 unspecified atom stereocenters. The first-order valence-electron chi connectivity index (χ1n) is 9.44. The molecule has 0 heterocycles. The summed E-state index contributed by atoms with van der Waals surface area (Å²) in [7, 11) is 1.73. The van der Waals surface area contributed by atoms with Gasteiger partial charge >= 0.3 is 0 Å². The maximum Gasteiger partial charge on any atom is 0.159 e. The van der Waals surface area contributed by atoms with Crippen LogP contribution in [-0.4, -0.2) is 18.2 Å². The lowest BCUT2D eigenvalue weighted by atomic mass is 9.90. The molecule has 0 bridgehead atoms. The first-order valence-corrected chi connectivity index (χ1v) is 10.2. The number of alkyl halides is 1. The van der Waals surface area contributed by atoms with E-state index in [-0.39, 0.29) is 5.92 Å². The fraction of sp³-hybridized carbons (Fsp3) is 0.250. The summed E-state index contributed by atoms with van der Waals surface area (Å²) in [5.74, 6) is 0.0938. The van der Waals surface area contributed by atoms with Crippen molar-refractivity contribution >= 4 is 21.6 Å². The molecule has 0 amide bonds. The Morgan fingerprint density at radius 1 is 0.821 bits per heavy atom. The van der Waals surface area contributed by atoms with Crippen molar-refractivity contribution in [3.05, 3.63) is 102 Å². The van der Waals surface area contributed by atoms with Crippen LogP contribution in [0.3, 0.4) is 0 Å². The van der Waals surface area contributed by atoms with Crippen molar-refractivity contribution in [2.45, 2.75) is 17.4 Å². The molecule has 146 valence electrons. The van der Waals surface area contributed by atoms with Crippen LogP contribution in [0.2, 0.25) is 0 Å². The third-order valence-corrected chi connectivity index (χ3v) is 5.79. The number of nitrogens with one attached hydrogen (secondary N) is 1. The van der Waals surface area contributed by atoms with E-state index < -0.39 is 4.51 Å². The van der Waals surface area contributed by atoms with Crippen molar-refractivity contribution in [2.24, 2.45) is 5.92 Å². The van der Waals surface area contributed by atoms with Gasteiger partial charge in [-0.2, -0.15) is 0 Å². The minimum Gasteiger partial charge on any atom is -0.384 e. The van der Waals surface area contributed by atoms with Gasteiger partial charge in [-0.05, 0) is 29.7 Å². The first-order chi connectivity index (χ1) is 13.7. The highest BCUT2D eigenvalue weighted by Gasteiger charge is 2.39. The molecule has 0 aliphatic rings. The molecule has 28 heavy (non-hydrogen) atoms. The second-order valence-electron chi connectivity index (χ2n) is 6.86. The Morgan fingerprint density at radius 2 is 1.36 bits per heavy atom. The molecule has 0 aliphatic heterocycles. The summed E-state index contributed by atoms with van der Waals surface area (Å²) in [4.78, 5) is 6.29. The van der Waals surface area contributed by atoms with Crippen molar-refractivity contribution in [3.63, 3.8) is 0 Å². The number of anilines is 1. The molecule has 1 N–H and O–H groups in total. The molecule has 2 atom stereocenters. The van der Waals surface area contributed by atoms with E-state index in [4.69, 9.17) is 9.57 Å². The SMILES string of the molecule is COCC(Cc1ccccc1)C(Br)(Cc1ccccc1)ONc1ccccc1. The summed E-state index contributed by atoms with van der Waals surface area (Å²) < 4.78 is 4.93. The first kappa shape index (κ1) is 20.6. The van der Waals surface area contributed by atoms with Gasteiger partial charge in [0.05, 0.1) is 12.3 Å². The Balaban J connectivity index is 1.84. The van der Waals surface area contributed by atoms with Crippen LogP contribution in [0.15, 0.2) is 91.0 Å². The van der Waals surface area contributed by atoms with Crippen LogP contribution in [0.25, 0.3) is 0 Å². The molecule has 4 heteroatoms. The highest BCUT2D eigenvalue weighted by atomic mass is 79.9. The molecule has 3 rings (SSSR count). The van der Waals surface area contributed by atoms with Gasteiger partial charge in [-0.3, -0.25) is 10.3 Å². The lowest BCUT2D eigenvalue weighted by Crippen LogP contribution is -2.42. The molecule has 0 radical (unpaired) electrons. The predicted octanol–water partition coefficient (Wildman–Crippen LogP) is 5.87. The zero-order valence-corrected chi connectivity index (χ0v) is 17.6. The molecule has 0 aromatic heterocycles. The van der Waals surface area contributed by atoms with Crippen LogP contribution in [0.4, 0.5) is 5.69 Å². The van der Waals surface area contributed by atoms with E-state index in [1.807, 2.05) is 42.5 Å². The Kier molecular flexibility index (Phi) is 7.66. The van der Waals surface area contributed by atoms with E-state index >= 15 is 0 Å². The van der Waals surface area contributed by atoms with Crippen molar-refractivity contribution in [1.29, 1.82) is 0 Å². The molecule has 3 aromatic carbocycles. The van der Waals surface area contributed by atoms with Crippen molar-refractivity contribution in [1.82, 2.24) is 0 Å². The maximum atomic E-state index is 6.29. The van der Waals surface area contributed by atoms with Gasteiger partial charge < -0.3 is 4.74 Å². The molecule has 0 saturated carbocycles. The number of hydrogen-bond acceptors (Lipinski definition) is 3. The van der Waals surface area contributed by atoms with E-state index in [1.54, 1.807) is 7.11 Å². The van der Waals surface area contributed by atoms with E-state index in [0.29, 0.717) is 13.0 Å². The molecular formula is C24H26BrNO2. The van der Waals surface area contributed by atoms with Crippen LogP contribution in [-0.2, 0) is 22.4 Å². The predicted molar refractivity (Wildman–Crippen MR) is 118 cm³/mol. The molecule has 0 fully saturated rings. The highest BCUT2D eigenvalue weighted by molar-refractivity contribution is 9.10. The van der Waals surface area contributed by atoms with Gasteiger partial charge in [-0.25, -0.2) is 0 Å². The second-order valence-corrected chi connectivity index (χ2v) is 8.20. The zero-order chi connectivity index (χ0) is 19.7. The lowest BCUT2D eigenvalue weighted by molar-refractivity contribution is -0.00697. The van der Waals surface area contributed by atoms with Crippen LogP contribution >= 0.6 is 15.9 Å². The normalized spacial score (nSPS) is 14.2. The third-order valence-electron chi connectivity index (χ3n) is 4.70. The van der Waals surface area contributed by atoms with Crippen LogP contribution in [0.5, 0.6) is 0 Å². The van der Waals surface area contributed by atoms with Crippen molar-refractivity contribution in [2.75, 3.05) is 19.2 Å².